The first-order chi connectivity index (χ1) is 11.1. The maximum Gasteiger partial charge on any atom is 0.227 e. The first-order valence-corrected chi connectivity index (χ1v) is 7.56. The molecule has 5 heteroatoms. The van der Waals surface area contributed by atoms with E-state index >= 15 is 0 Å². The third-order valence-corrected chi connectivity index (χ3v) is 3.60. The van der Waals surface area contributed by atoms with E-state index < -0.39 is 0 Å². The van der Waals surface area contributed by atoms with Gasteiger partial charge in [0.05, 0.1) is 20.1 Å². The van der Waals surface area contributed by atoms with Crippen LogP contribution in [0.3, 0.4) is 0 Å². The number of para-hydroxylation sites is 1. The Kier molecular flexibility index (Phi) is 6.11. The second kappa shape index (κ2) is 8.29. The number of aryl methyl sites for hydroxylation is 1. The Hall–Kier alpha value is -2.40. The standard InChI is InChI=1S/C18H22N2O3/c1-14-7-8-15(12-19-14)11-18(22)20(9-10-21)13-16-5-3-4-6-17(16)23-2/h3-8,12,21H,9-11,13H2,1-2H3. The molecular weight excluding hydrogens is 292 g/mol. The molecule has 1 heterocycles. The zero-order valence-electron chi connectivity index (χ0n) is 13.5. The van der Waals surface area contributed by atoms with Crippen LogP contribution in [0.15, 0.2) is 42.6 Å². The second-order valence-electron chi connectivity index (χ2n) is 5.34. The zero-order valence-corrected chi connectivity index (χ0v) is 13.5. The number of aromatic nitrogens is 1. The van der Waals surface area contributed by atoms with Crippen LogP contribution in [0.5, 0.6) is 5.75 Å². The van der Waals surface area contributed by atoms with Gasteiger partial charge in [0.15, 0.2) is 0 Å². The summed E-state index contributed by atoms with van der Waals surface area (Å²) >= 11 is 0. The van der Waals surface area contributed by atoms with Gasteiger partial charge in [-0.2, -0.15) is 0 Å². The fraction of sp³-hybridized carbons (Fsp3) is 0.333. The largest absolute Gasteiger partial charge is 0.496 e. The number of pyridine rings is 1. The van der Waals surface area contributed by atoms with Gasteiger partial charge in [-0.1, -0.05) is 24.3 Å². The fourth-order valence-electron chi connectivity index (χ4n) is 2.34. The number of benzene rings is 1. The minimum atomic E-state index is -0.0764. The summed E-state index contributed by atoms with van der Waals surface area (Å²) in [6, 6.07) is 11.4. The van der Waals surface area contributed by atoms with Gasteiger partial charge in [-0.05, 0) is 24.6 Å². The van der Waals surface area contributed by atoms with Crippen molar-refractivity contribution in [1.82, 2.24) is 9.88 Å². The van der Waals surface area contributed by atoms with Crippen molar-refractivity contribution in [3.05, 3.63) is 59.4 Å². The van der Waals surface area contributed by atoms with E-state index in [1.807, 2.05) is 43.3 Å². The van der Waals surface area contributed by atoms with Gasteiger partial charge in [0.1, 0.15) is 5.75 Å². The van der Waals surface area contributed by atoms with Crippen LogP contribution >= 0.6 is 0 Å². The third-order valence-electron chi connectivity index (χ3n) is 3.60. The molecule has 0 spiro atoms. The lowest BCUT2D eigenvalue weighted by molar-refractivity contribution is -0.131. The molecule has 1 aromatic carbocycles. The van der Waals surface area contributed by atoms with Gasteiger partial charge < -0.3 is 14.7 Å². The number of methoxy groups -OCH3 is 1. The summed E-state index contributed by atoms with van der Waals surface area (Å²) in [6.45, 7) is 2.53. The molecule has 0 atom stereocenters. The molecule has 0 aliphatic heterocycles. The maximum atomic E-state index is 12.5. The molecule has 0 fully saturated rings. The summed E-state index contributed by atoms with van der Waals surface area (Å²) in [5, 5.41) is 9.26. The van der Waals surface area contributed by atoms with Gasteiger partial charge in [0.25, 0.3) is 0 Å². The average molecular weight is 314 g/mol. The van der Waals surface area contributed by atoms with E-state index in [1.54, 1.807) is 18.2 Å². The Labute approximate surface area is 136 Å². The van der Waals surface area contributed by atoms with E-state index in [2.05, 4.69) is 4.98 Å². The van der Waals surface area contributed by atoms with E-state index in [0.29, 0.717) is 6.54 Å². The average Bonchev–Trinajstić information content (AvgIpc) is 2.57. The minimum Gasteiger partial charge on any atom is -0.496 e. The highest BCUT2D eigenvalue weighted by atomic mass is 16.5. The van der Waals surface area contributed by atoms with Crippen molar-refractivity contribution in [3.8, 4) is 5.75 Å². The van der Waals surface area contributed by atoms with Gasteiger partial charge in [0, 0.05) is 30.5 Å². The molecule has 0 radical (unpaired) electrons. The molecule has 1 N–H and O–H groups in total. The molecule has 0 bridgehead atoms. The van der Waals surface area contributed by atoms with Crippen molar-refractivity contribution in [2.24, 2.45) is 0 Å². The number of carbonyl (C=O) groups is 1. The smallest absolute Gasteiger partial charge is 0.227 e. The molecule has 5 nitrogen and oxygen atoms in total. The minimum absolute atomic E-state index is 0.0457. The third kappa shape index (κ3) is 4.79. The summed E-state index contributed by atoms with van der Waals surface area (Å²) < 4.78 is 5.33. The lowest BCUT2D eigenvalue weighted by Gasteiger charge is -2.23. The first kappa shape index (κ1) is 17.0. The van der Waals surface area contributed by atoms with Crippen LogP contribution < -0.4 is 4.74 Å². The Morgan fingerprint density at radius 1 is 1.26 bits per heavy atom. The topological polar surface area (TPSA) is 62.7 Å². The van der Waals surface area contributed by atoms with Crippen molar-refractivity contribution >= 4 is 5.91 Å². The number of aliphatic hydroxyl groups excluding tert-OH is 1. The van der Waals surface area contributed by atoms with Crippen LogP contribution in [0, 0.1) is 6.92 Å². The van der Waals surface area contributed by atoms with Gasteiger partial charge in [-0.15, -0.1) is 0 Å². The van der Waals surface area contributed by atoms with Gasteiger partial charge in [-0.3, -0.25) is 9.78 Å². The summed E-state index contributed by atoms with van der Waals surface area (Å²) in [5.41, 5.74) is 2.70. The highest BCUT2D eigenvalue weighted by molar-refractivity contribution is 5.78. The first-order valence-electron chi connectivity index (χ1n) is 7.56. The van der Waals surface area contributed by atoms with Crippen LogP contribution in [0.25, 0.3) is 0 Å². The molecule has 2 rings (SSSR count). The van der Waals surface area contributed by atoms with E-state index in [-0.39, 0.29) is 25.5 Å². The Morgan fingerprint density at radius 2 is 2.04 bits per heavy atom. The molecule has 2 aromatic rings. The summed E-state index contributed by atoms with van der Waals surface area (Å²) in [6.07, 6.45) is 1.98. The van der Waals surface area contributed by atoms with Crippen molar-refractivity contribution < 1.29 is 14.6 Å². The highest BCUT2D eigenvalue weighted by Crippen LogP contribution is 2.19. The number of amides is 1. The molecule has 0 aliphatic carbocycles. The monoisotopic (exact) mass is 314 g/mol. The second-order valence-corrected chi connectivity index (χ2v) is 5.34. The molecule has 0 unspecified atom stereocenters. The predicted octanol–water partition coefficient (Wildman–Crippen LogP) is 1.96. The predicted molar refractivity (Wildman–Crippen MR) is 88.2 cm³/mol. The lowest BCUT2D eigenvalue weighted by atomic mass is 10.1. The van der Waals surface area contributed by atoms with Crippen LogP contribution in [-0.2, 0) is 17.8 Å². The normalized spacial score (nSPS) is 10.4. The molecule has 1 aromatic heterocycles. The van der Waals surface area contributed by atoms with Crippen LogP contribution in [0.2, 0.25) is 0 Å². The molecule has 122 valence electrons. The Bertz CT molecular complexity index is 641. The number of carbonyl (C=O) groups excluding carboxylic acids is 1. The van der Waals surface area contributed by atoms with Crippen molar-refractivity contribution in [3.63, 3.8) is 0 Å². The van der Waals surface area contributed by atoms with E-state index in [9.17, 15) is 9.90 Å². The van der Waals surface area contributed by atoms with Crippen molar-refractivity contribution in [1.29, 1.82) is 0 Å². The lowest BCUT2D eigenvalue weighted by Crippen LogP contribution is -2.34. The van der Waals surface area contributed by atoms with E-state index in [0.717, 1.165) is 22.6 Å². The van der Waals surface area contributed by atoms with Gasteiger partial charge in [-0.25, -0.2) is 0 Å². The quantitative estimate of drug-likeness (QED) is 0.848. The zero-order chi connectivity index (χ0) is 16.7. The molecule has 0 aliphatic rings. The number of ether oxygens (including phenoxy) is 1. The summed E-state index contributed by atoms with van der Waals surface area (Å²) in [5.74, 6) is 0.691. The van der Waals surface area contributed by atoms with Crippen molar-refractivity contribution in [2.45, 2.75) is 19.9 Å². The van der Waals surface area contributed by atoms with Crippen LogP contribution in [0.4, 0.5) is 0 Å². The van der Waals surface area contributed by atoms with Crippen molar-refractivity contribution in [2.75, 3.05) is 20.3 Å². The number of hydrogen-bond donors (Lipinski definition) is 1. The van der Waals surface area contributed by atoms with Gasteiger partial charge >= 0.3 is 0 Å². The van der Waals surface area contributed by atoms with E-state index in [4.69, 9.17) is 4.74 Å². The Balaban J connectivity index is 2.10. The maximum absolute atomic E-state index is 12.5. The number of rotatable bonds is 7. The molecular formula is C18H22N2O3. The molecule has 0 saturated heterocycles. The number of hydrogen-bond acceptors (Lipinski definition) is 4. The van der Waals surface area contributed by atoms with E-state index in [1.165, 1.54) is 0 Å². The molecule has 0 saturated carbocycles. The molecule has 1 amide bonds. The van der Waals surface area contributed by atoms with Crippen LogP contribution in [0.1, 0.15) is 16.8 Å². The highest BCUT2D eigenvalue weighted by Gasteiger charge is 2.16. The summed E-state index contributed by atoms with van der Waals surface area (Å²) in [4.78, 5) is 18.4. The Morgan fingerprint density at radius 3 is 2.70 bits per heavy atom. The SMILES string of the molecule is COc1ccccc1CN(CCO)C(=O)Cc1ccc(C)nc1. The van der Waals surface area contributed by atoms with Gasteiger partial charge in [0.2, 0.25) is 5.91 Å². The molecule has 23 heavy (non-hydrogen) atoms. The fourth-order valence-corrected chi connectivity index (χ4v) is 2.34. The van der Waals surface area contributed by atoms with Crippen LogP contribution in [-0.4, -0.2) is 41.2 Å². The summed E-state index contributed by atoms with van der Waals surface area (Å²) in [7, 11) is 1.61. The number of nitrogens with zero attached hydrogens (tertiary/aromatic N) is 2. The number of aliphatic hydroxyl groups is 1.